The van der Waals surface area contributed by atoms with Gasteiger partial charge in [-0.25, -0.2) is 0 Å². The lowest BCUT2D eigenvalue weighted by Crippen LogP contribution is -2.46. The van der Waals surface area contributed by atoms with E-state index >= 15 is 0 Å². The van der Waals surface area contributed by atoms with Crippen LogP contribution in [0.4, 0.5) is 0 Å². The van der Waals surface area contributed by atoms with Crippen molar-refractivity contribution in [2.24, 2.45) is 0 Å². The summed E-state index contributed by atoms with van der Waals surface area (Å²) in [7, 11) is 1.85. The lowest BCUT2D eigenvalue weighted by atomic mass is 9.79. The van der Waals surface area contributed by atoms with E-state index in [2.05, 4.69) is 31.3 Å². The Morgan fingerprint density at radius 1 is 1.38 bits per heavy atom. The average Bonchev–Trinajstić information content (AvgIpc) is 2.54. The fourth-order valence-corrected chi connectivity index (χ4v) is 3.57. The predicted octanol–water partition coefficient (Wildman–Crippen LogP) is 3.68. The first-order chi connectivity index (χ1) is 10.3. The summed E-state index contributed by atoms with van der Waals surface area (Å²) >= 11 is 0. The summed E-state index contributed by atoms with van der Waals surface area (Å²) < 4.78 is 5.83. The Morgan fingerprint density at radius 2 is 2.24 bits per heavy atom. The Bertz CT molecular complexity index is 421. The number of nitrogens with one attached hydrogen (secondary N) is 1. The Hall–Kier alpha value is -0.930. The molecule has 118 valence electrons. The molecule has 0 aromatic carbocycles. The molecule has 3 heteroatoms. The summed E-state index contributed by atoms with van der Waals surface area (Å²) in [5.74, 6) is 0.484. The van der Waals surface area contributed by atoms with Crippen molar-refractivity contribution in [3.05, 3.63) is 29.6 Å². The zero-order valence-corrected chi connectivity index (χ0v) is 13.8. The van der Waals surface area contributed by atoms with Gasteiger partial charge in [0.1, 0.15) is 0 Å². The first-order valence-corrected chi connectivity index (χ1v) is 8.51. The minimum absolute atomic E-state index is 0.277. The van der Waals surface area contributed by atoms with E-state index in [9.17, 15) is 0 Å². The molecule has 0 fully saturated rings. The highest BCUT2D eigenvalue weighted by Crippen LogP contribution is 2.34. The van der Waals surface area contributed by atoms with E-state index in [0.29, 0.717) is 12.0 Å². The summed E-state index contributed by atoms with van der Waals surface area (Å²) in [5, 5.41) is 3.75. The number of fused-ring (bicyclic) bond motifs is 1. The van der Waals surface area contributed by atoms with Gasteiger partial charge in [-0.15, -0.1) is 0 Å². The minimum atomic E-state index is 0.277. The Balaban J connectivity index is 2.24. The molecular weight excluding hydrogens is 260 g/mol. The van der Waals surface area contributed by atoms with Crippen molar-refractivity contribution >= 4 is 0 Å². The molecule has 1 N–H and O–H groups in total. The SMILES string of the molecule is CCCNC(C(CCC)OC)C1CCCc2cccnc21. The molecule has 1 aromatic rings. The van der Waals surface area contributed by atoms with Gasteiger partial charge < -0.3 is 10.1 Å². The molecule has 1 aromatic heterocycles. The van der Waals surface area contributed by atoms with Crippen LogP contribution >= 0.6 is 0 Å². The first kappa shape index (κ1) is 16.4. The van der Waals surface area contributed by atoms with Gasteiger partial charge in [0.05, 0.1) is 6.10 Å². The normalized spacial score (nSPS) is 20.8. The molecule has 0 bridgehead atoms. The smallest absolute Gasteiger partial charge is 0.0730 e. The Labute approximate surface area is 129 Å². The molecule has 0 aliphatic heterocycles. The second-order valence-electron chi connectivity index (χ2n) is 6.09. The zero-order valence-electron chi connectivity index (χ0n) is 13.8. The molecule has 3 atom stereocenters. The van der Waals surface area contributed by atoms with Crippen molar-refractivity contribution in [2.45, 2.75) is 70.4 Å². The van der Waals surface area contributed by atoms with Crippen molar-refractivity contribution in [3.63, 3.8) is 0 Å². The monoisotopic (exact) mass is 290 g/mol. The van der Waals surface area contributed by atoms with Gasteiger partial charge in [-0.1, -0.05) is 26.3 Å². The molecule has 2 rings (SSSR count). The first-order valence-electron chi connectivity index (χ1n) is 8.51. The predicted molar refractivity (Wildman–Crippen MR) is 87.7 cm³/mol. The molecule has 3 unspecified atom stereocenters. The number of hydrogen-bond acceptors (Lipinski definition) is 3. The van der Waals surface area contributed by atoms with E-state index in [1.807, 2.05) is 13.3 Å². The van der Waals surface area contributed by atoms with Gasteiger partial charge in [-0.3, -0.25) is 4.98 Å². The van der Waals surface area contributed by atoms with E-state index in [1.165, 1.54) is 30.5 Å². The number of methoxy groups -OCH3 is 1. The molecular formula is C18H30N2O. The third-order valence-corrected chi connectivity index (χ3v) is 4.58. The summed E-state index contributed by atoms with van der Waals surface area (Å²) in [4.78, 5) is 4.71. The second-order valence-corrected chi connectivity index (χ2v) is 6.09. The van der Waals surface area contributed by atoms with Crippen LogP contribution in [-0.2, 0) is 11.2 Å². The van der Waals surface area contributed by atoms with E-state index < -0.39 is 0 Å². The largest absolute Gasteiger partial charge is 0.380 e. The van der Waals surface area contributed by atoms with Crippen LogP contribution in [0.5, 0.6) is 0 Å². The number of hydrogen-bond donors (Lipinski definition) is 1. The Morgan fingerprint density at radius 3 is 2.95 bits per heavy atom. The van der Waals surface area contributed by atoms with Crippen LogP contribution in [0.1, 0.15) is 63.1 Å². The van der Waals surface area contributed by atoms with Crippen LogP contribution in [0.15, 0.2) is 18.3 Å². The molecule has 0 saturated heterocycles. The van der Waals surface area contributed by atoms with Crippen molar-refractivity contribution in [2.75, 3.05) is 13.7 Å². The van der Waals surface area contributed by atoms with Gasteiger partial charge in [-0.05, 0) is 50.3 Å². The van der Waals surface area contributed by atoms with E-state index in [0.717, 1.165) is 25.8 Å². The van der Waals surface area contributed by atoms with Gasteiger partial charge in [0, 0.05) is 31.0 Å². The molecule has 3 nitrogen and oxygen atoms in total. The average molecular weight is 290 g/mol. The molecule has 0 spiro atoms. The highest BCUT2D eigenvalue weighted by atomic mass is 16.5. The number of aryl methyl sites for hydroxylation is 1. The topological polar surface area (TPSA) is 34.1 Å². The van der Waals surface area contributed by atoms with Crippen LogP contribution in [-0.4, -0.2) is 30.8 Å². The lowest BCUT2D eigenvalue weighted by molar-refractivity contribution is 0.0490. The third-order valence-electron chi connectivity index (χ3n) is 4.58. The quantitative estimate of drug-likeness (QED) is 0.793. The highest BCUT2D eigenvalue weighted by Gasteiger charge is 2.33. The molecule has 1 heterocycles. The summed E-state index contributed by atoms with van der Waals surface area (Å²) in [6.07, 6.45) is 9.29. The summed E-state index contributed by atoms with van der Waals surface area (Å²) in [6, 6.07) is 4.69. The number of pyridine rings is 1. The number of aromatic nitrogens is 1. The minimum Gasteiger partial charge on any atom is -0.380 e. The third kappa shape index (κ3) is 4.04. The van der Waals surface area contributed by atoms with E-state index in [4.69, 9.17) is 9.72 Å². The van der Waals surface area contributed by atoms with Crippen LogP contribution in [0.3, 0.4) is 0 Å². The van der Waals surface area contributed by atoms with E-state index in [1.54, 1.807) is 0 Å². The van der Waals surface area contributed by atoms with Crippen molar-refractivity contribution in [1.82, 2.24) is 10.3 Å². The maximum atomic E-state index is 5.83. The molecule has 0 saturated carbocycles. The number of nitrogens with zero attached hydrogens (tertiary/aromatic N) is 1. The molecule has 1 aliphatic rings. The maximum Gasteiger partial charge on any atom is 0.0730 e. The van der Waals surface area contributed by atoms with Crippen molar-refractivity contribution in [3.8, 4) is 0 Å². The number of ether oxygens (including phenoxy) is 1. The van der Waals surface area contributed by atoms with Gasteiger partial charge in [-0.2, -0.15) is 0 Å². The number of rotatable bonds is 8. The van der Waals surface area contributed by atoms with Crippen LogP contribution in [0, 0.1) is 0 Å². The van der Waals surface area contributed by atoms with Gasteiger partial charge in [0.15, 0.2) is 0 Å². The van der Waals surface area contributed by atoms with Gasteiger partial charge in [0.2, 0.25) is 0 Å². The standard InChI is InChI=1S/C18H30N2O/c1-4-8-16(21-3)18(19-12-5-2)15-11-6-9-14-10-7-13-20-17(14)15/h7,10,13,15-16,18-19H,4-6,8-9,11-12H2,1-3H3. The fraction of sp³-hybridized carbons (Fsp3) is 0.722. The zero-order chi connectivity index (χ0) is 15.1. The van der Waals surface area contributed by atoms with Crippen LogP contribution in [0.25, 0.3) is 0 Å². The molecule has 0 radical (unpaired) electrons. The summed E-state index contributed by atoms with van der Waals surface area (Å²) in [6.45, 7) is 5.50. The van der Waals surface area contributed by atoms with Crippen LogP contribution in [0.2, 0.25) is 0 Å². The maximum absolute atomic E-state index is 5.83. The molecule has 21 heavy (non-hydrogen) atoms. The molecule has 1 aliphatic carbocycles. The van der Waals surface area contributed by atoms with Crippen molar-refractivity contribution in [1.29, 1.82) is 0 Å². The second kappa shape index (κ2) is 8.50. The van der Waals surface area contributed by atoms with Crippen molar-refractivity contribution < 1.29 is 4.74 Å². The van der Waals surface area contributed by atoms with Gasteiger partial charge >= 0.3 is 0 Å². The highest BCUT2D eigenvalue weighted by molar-refractivity contribution is 5.27. The van der Waals surface area contributed by atoms with Crippen LogP contribution < -0.4 is 5.32 Å². The summed E-state index contributed by atoms with van der Waals surface area (Å²) in [5.41, 5.74) is 2.74. The van der Waals surface area contributed by atoms with Gasteiger partial charge in [0.25, 0.3) is 0 Å². The fourth-order valence-electron chi connectivity index (χ4n) is 3.57. The Kier molecular flexibility index (Phi) is 6.65. The molecule has 0 amide bonds. The van der Waals surface area contributed by atoms with E-state index in [-0.39, 0.29) is 6.10 Å². The lowest BCUT2D eigenvalue weighted by Gasteiger charge is -2.36.